The fourth-order valence-electron chi connectivity index (χ4n) is 1.67. The molecule has 0 aliphatic rings. The van der Waals surface area contributed by atoms with E-state index in [0.29, 0.717) is 17.9 Å². The van der Waals surface area contributed by atoms with E-state index in [1.54, 1.807) is 12.1 Å². The smallest absolute Gasteiger partial charge is 0.270 e. The Hall–Kier alpha value is -2.36. The first-order chi connectivity index (χ1) is 8.65. The van der Waals surface area contributed by atoms with Crippen molar-refractivity contribution in [2.24, 2.45) is 0 Å². The number of carbonyl (C=O) groups excluding carboxylic acids is 1. The highest BCUT2D eigenvalue weighted by molar-refractivity contribution is 5.92. The van der Waals surface area contributed by atoms with Crippen LogP contribution in [0.25, 0.3) is 0 Å². The highest BCUT2D eigenvalue weighted by Gasteiger charge is 2.06. The molecule has 0 saturated carbocycles. The van der Waals surface area contributed by atoms with Crippen molar-refractivity contribution in [3.8, 4) is 0 Å². The third-order valence-corrected chi connectivity index (χ3v) is 2.55. The van der Waals surface area contributed by atoms with Gasteiger partial charge in [-0.1, -0.05) is 29.8 Å². The lowest BCUT2D eigenvalue weighted by atomic mass is 10.1. The number of nitrogens with one attached hydrogen (secondary N) is 1. The van der Waals surface area contributed by atoms with E-state index in [2.05, 4.69) is 10.3 Å². The minimum atomic E-state index is -0.219. The van der Waals surface area contributed by atoms with Crippen molar-refractivity contribution in [1.82, 2.24) is 10.3 Å². The van der Waals surface area contributed by atoms with Crippen molar-refractivity contribution in [1.29, 1.82) is 0 Å². The van der Waals surface area contributed by atoms with E-state index in [4.69, 9.17) is 5.73 Å². The Balaban J connectivity index is 2.00. The second-order valence-corrected chi connectivity index (χ2v) is 4.15. The summed E-state index contributed by atoms with van der Waals surface area (Å²) < 4.78 is 0. The van der Waals surface area contributed by atoms with Crippen molar-refractivity contribution in [3.05, 3.63) is 59.4 Å². The molecule has 4 nitrogen and oxygen atoms in total. The largest absolute Gasteiger partial charge is 0.399 e. The quantitative estimate of drug-likeness (QED) is 0.862. The third-order valence-electron chi connectivity index (χ3n) is 2.55. The number of hydrogen-bond acceptors (Lipinski definition) is 3. The fraction of sp³-hybridized carbons (Fsp3) is 0.143. The molecule has 0 radical (unpaired) electrons. The second kappa shape index (κ2) is 5.31. The molecule has 18 heavy (non-hydrogen) atoms. The first kappa shape index (κ1) is 12.1. The van der Waals surface area contributed by atoms with Gasteiger partial charge >= 0.3 is 0 Å². The second-order valence-electron chi connectivity index (χ2n) is 4.15. The van der Waals surface area contributed by atoms with E-state index >= 15 is 0 Å². The van der Waals surface area contributed by atoms with Gasteiger partial charge in [0.05, 0.1) is 0 Å². The number of hydrogen-bond donors (Lipinski definition) is 2. The lowest BCUT2D eigenvalue weighted by Crippen LogP contribution is -2.23. The van der Waals surface area contributed by atoms with E-state index < -0.39 is 0 Å². The Morgan fingerprint density at radius 3 is 2.89 bits per heavy atom. The van der Waals surface area contributed by atoms with Crippen LogP contribution in [0.1, 0.15) is 21.6 Å². The number of nitrogen functional groups attached to an aromatic ring is 1. The Morgan fingerprint density at radius 2 is 2.17 bits per heavy atom. The number of carbonyl (C=O) groups is 1. The van der Waals surface area contributed by atoms with Crippen LogP contribution >= 0.6 is 0 Å². The number of aromatic nitrogens is 1. The molecule has 1 aromatic carbocycles. The zero-order valence-electron chi connectivity index (χ0n) is 10.2. The molecule has 0 spiro atoms. The summed E-state index contributed by atoms with van der Waals surface area (Å²) in [6.45, 7) is 2.50. The van der Waals surface area contributed by atoms with E-state index in [-0.39, 0.29) is 5.91 Å². The molecule has 0 aliphatic carbocycles. The molecule has 92 valence electrons. The standard InChI is InChI=1S/C14H15N3O/c1-10-3-2-4-11(7-10)9-17-14(18)13-8-12(15)5-6-16-13/h2-8H,9H2,1H3,(H2,15,16)(H,17,18). The van der Waals surface area contributed by atoms with Crippen molar-refractivity contribution >= 4 is 11.6 Å². The maximum atomic E-state index is 11.8. The number of benzene rings is 1. The van der Waals surface area contributed by atoms with Gasteiger partial charge in [0, 0.05) is 18.4 Å². The molecule has 0 saturated heterocycles. The predicted octanol–water partition coefficient (Wildman–Crippen LogP) is 1.90. The van der Waals surface area contributed by atoms with Crippen LogP contribution in [-0.4, -0.2) is 10.9 Å². The van der Waals surface area contributed by atoms with E-state index in [0.717, 1.165) is 5.56 Å². The van der Waals surface area contributed by atoms with Gasteiger partial charge in [0.15, 0.2) is 0 Å². The molecule has 1 amide bonds. The predicted molar refractivity (Wildman–Crippen MR) is 71.0 cm³/mol. The van der Waals surface area contributed by atoms with Crippen LogP contribution in [0.5, 0.6) is 0 Å². The molecule has 2 rings (SSSR count). The van der Waals surface area contributed by atoms with E-state index in [9.17, 15) is 4.79 Å². The lowest BCUT2D eigenvalue weighted by molar-refractivity contribution is 0.0946. The van der Waals surface area contributed by atoms with E-state index in [1.165, 1.54) is 11.8 Å². The molecule has 2 aromatic rings. The van der Waals surface area contributed by atoms with Gasteiger partial charge in [0.2, 0.25) is 0 Å². The summed E-state index contributed by atoms with van der Waals surface area (Å²) in [7, 11) is 0. The zero-order chi connectivity index (χ0) is 13.0. The molecule has 1 heterocycles. The molecule has 0 aliphatic heterocycles. The van der Waals surface area contributed by atoms with Gasteiger partial charge in [0.1, 0.15) is 5.69 Å². The summed E-state index contributed by atoms with van der Waals surface area (Å²) in [6, 6.07) is 11.2. The summed E-state index contributed by atoms with van der Waals surface area (Å²) in [4.78, 5) is 15.8. The molecule has 0 unspecified atom stereocenters. The van der Waals surface area contributed by atoms with Crippen LogP contribution in [0.2, 0.25) is 0 Å². The molecule has 0 fully saturated rings. The van der Waals surface area contributed by atoms with Crippen molar-refractivity contribution in [3.63, 3.8) is 0 Å². The van der Waals surface area contributed by atoms with Crippen LogP contribution < -0.4 is 11.1 Å². The zero-order valence-corrected chi connectivity index (χ0v) is 10.2. The molecule has 4 heteroatoms. The van der Waals surface area contributed by atoms with Gasteiger partial charge < -0.3 is 11.1 Å². The summed E-state index contributed by atoms with van der Waals surface area (Å²) in [5.74, 6) is -0.219. The summed E-state index contributed by atoms with van der Waals surface area (Å²) >= 11 is 0. The van der Waals surface area contributed by atoms with E-state index in [1.807, 2.05) is 31.2 Å². The number of nitrogens with zero attached hydrogens (tertiary/aromatic N) is 1. The minimum absolute atomic E-state index is 0.219. The molecule has 0 atom stereocenters. The van der Waals surface area contributed by atoms with Gasteiger partial charge in [-0.2, -0.15) is 0 Å². The monoisotopic (exact) mass is 241 g/mol. The lowest BCUT2D eigenvalue weighted by Gasteiger charge is -2.06. The Labute approximate surface area is 106 Å². The maximum absolute atomic E-state index is 11.8. The van der Waals surface area contributed by atoms with Crippen molar-refractivity contribution in [2.75, 3.05) is 5.73 Å². The number of nitrogens with two attached hydrogens (primary N) is 1. The Bertz CT molecular complexity index is 566. The number of pyridine rings is 1. The molecule has 0 bridgehead atoms. The highest BCUT2D eigenvalue weighted by Crippen LogP contribution is 2.05. The van der Waals surface area contributed by atoms with Crippen LogP contribution in [0, 0.1) is 6.92 Å². The number of rotatable bonds is 3. The first-order valence-corrected chi connectivity index (χ1v) is 5.70. The van der Waals surface area contributed by atoms with Crippen LogP contribution in [0.15, 0.2) is 42.6 Å². The number of amides is 1. The average Bonchev–Trinajstić information content (AvgIpc) is 2.36. The molecular weight excluding hydrogens is 226 g/mol. The van der Waals surface area contributed by atoms with Crippen LogP contribution in [0.4, 0.5) is 5.69 Å². The molecular formula is C14H15N3O. The van der Waals surface area contributed by atoms with Gasteiger partial charge in [-0.05, 0) is 24.6 Å². The molecule has 3 N–H and O–H groups in total. The SMILES string of the molecule is Cc1cccc(CNC(=O)c2cc(N)ccn2)c1. The van der Waals surface area contributed by atoms with Gasteiger partial charge in [-0.15, -0.1) is 0 Å². The van der Waals surface area contributed by atoms with Crippen molar-refractivity contribution in [2.45, 2.75) is 13.5 Å². The maximum Gasteiger partial charge on any atom is 0.270 e. The third kappa shape index (κ3) is 3.07. The van der Waals surface area contributed by atoms with Gasteiger partial charge in [0.25, 0.3) is 5.91 Å². The van der Waals surface area contributed by atoms with Gasteiger partial charge in [-0.25, -0.2) is 0 Å². The first-order valence-electron chi connectivity index (χ1n) is 5.70. The number of anilines is 1. The highest BCUT2D eigenvalue weighted by atomic mass is 16.1. The Morgan fingerprint density at radius 1 is 1.33 bits per heavy atom. The summed E-state index contributed by atoms with van der Waals surface area (Å²) in [5, 5.41) is 2.81. The molecule has 1 aromatic heterocycles. The topological polar surface area (TPSA) is 68.0 Å². The fourth-order valence-corrected chi connectivity index (χ4v) is 1.67. The van der Waals surface area contributed by atoms with Crippen LogP contribution in [-0.2, 0) is 6.54 Å². The average molecular weight is 241 g/mol. The number of aryl methyl sites for hydroxylation is 1. The normalized spacial score (nSPS) is 10.1. The Kier molecular flexibility index (Phi) is 3.57. The summed E-state index contributed by atoms with van der Waals surface area (Å²) in [5.41, 5.74) is 8.70. The summed E-state index contributed by atoms with van der Waals surface area (Å²) in [6.07, 6.45) is 1.52. The van der Waals surface area contributed by atoms with Gasteiger partial charge in [-0.3, -0.25) is 9.78 Å². The van der Waals surface area contributed by atoms with Crippen LogP contribution in [0.3, 0.4) is 0 Å². The van der Waals surface area contributed by atoms with Crippen molar-refractivity contribution < 1.29 is 4.79 Å². The minimum Gasteiger partial charge on any atom is -0.399 e.